The Morgan fingerprint density at radius 3 is 2.77 bits per heavy atom. The lowest BCUT2D eigenvalue weighted by atomic mass is 9.77. The molecule has 0 saturated carbocycles. The number of piperidine rings is 2. The van der Waals surface area contributed by atoms with Crippen LogP contribution in [0.25, 0.3) is 0 Å². The molecule has 170 valence electrons. The lowest BCUT2D eigenvalue weighted by molar-refractivity contribution is 0.0219. The average Bonchev–Trinajstić information content (AvgIpc) is 2.74. The van der Waals surface area contributed by atoms with E-state index >= 15 is 0 Å². The molecular weight excluding hydrogens is 420 g/mol. The third kappa shape index (κ3) is 4.82. The molecule has 30 heavy (non-hydrogen) atoms. The Bertz CT molecular complexity index is 817. The van der Waals surface area contributed by atoms with Gasteiger partial charge in [0.2, 0.25) is 10.0 Å². The molecule has 0 aromatic heterocycles. The number of unbranched alkanes of at least 4 members (excludes halogenated alkanes) is 3. The molecule has 4 rings (SSSR count). The van der Waals surface area contributed by atoms with Crippen molar-refractivity contribution in [1.29, 1.82) is 0 Å². The Kier molecular flexibility index (Phi) is 8.10. The van der Waals surface area contributed by atoms with Gasteiger partial charge in [-0.25, -0.2) is 8.42 Å². The van der Waals surface area contributed by atoms with Crippen LogP contribution in [-0.2, 0) is 16.4 Å². The van der Waals surface area contributed by atoms with E-state index < -0.39 is 10.0 Å². The molecular formula is C23H37ClN2O3S. The standard InChI is InChI=1S/C23H36N2O3S.ClH/c1-3-4-5-6-14-29(26,27)25-12-7-8-19-17-24-13-11-18-15-20(28-2)9-10-21(18)23(24)16-22(19)25;/h9-10,15,19,22-23H,3-8,11-14,16-17H2,1-2H3;1H/t19-,22+,23-;/m1./s1. The number of benzene rings is 1. The monoisotopic (exact) mass is 456 g/mol. The molecule has 7 heteroatoms. The minimum atomic E-state index is -3.17. The van der Waals surface area contributed by atoms with Crippen LogP contribution in [-0.4, -0.2) is 56.2 Å². The zero-order valence-electron chi connectivity index (χ0n) is 18.4. The van der Waals surface area contributed by atoms with Gasteiger partial charge in [0.25, 0.3) is 0 Å². The number of halogens is 1. The van der Waals surface area contributed by atoms with Gasteiger partial charge in [0.1, 0.15) is 5.75 Å². The van der Waals surface area contributed by atoms with Gasteiger partial charge in [-0.1, -0.05) is 32.3 Å². The number of sulfonamides is 1. The number of hydrogen-bond acceptors (Lipinski definition) is 4. The summed E-state index contributed by atoms with van der Waals surface area (Å²) in [4.78, 5) is 2.60. The van der Waals surface area contributed by atoms with Crippen molar-refractivity contribution in [3.63, 3.8) is 0 Å². The van der Waals surface area contributed by atoms with Crippen LogP contribution in [0.1, 0.15) is 69.0 Å². The van der Waals surface area contributed by atoms with Gasteiger partial charge in [-0.15, -0.1) is 12.4 Å². The molecule has 3 aliphatic rings. The van der Waals surface area contributed by atoms with Gasteiger partial charge in [-0.3, -0.25) is 4.90 Å². The first-order chi connectivity index (χ1) is 14.0. The van der Waals surface area contributed by atoms with Crippen molar-refractivity contribution >= 4 is 22.4 Å². The Labute approximate surface area is 188 Å². The molecule has 3 atom stereocenters. The second-order valence-corrected chi connectivity index (χ2v) is 11.1. The van der Waals surface area contributed by atoms with Crippen LogP contribution in [0, 0.1) is 5.92 Å². The highest BCUT2D eigenvalue weighted by molar-refractivity contribution is 7.89. The average molecular weight is 457 g/mol. The Morgan fingerprint density at radius 1 is 1.17 bits per heavy atom. The molecule has 1 aromatic rings. The first kappa shape index (κ1) is 23.8. The minimum Gasteiger partial charge on any atom is -0.497 e. The Hall–Kier alpha value is -0.820. The Morgan fingerprint density at radius 2 is 2.00 bits per heavy atom. The van der Waals surface area contributed by atoms with Crippen molar-refractivity contribution in [2.24, 2.45) is 5.92 Å². The molecule has 2 saturated heterocycles. The summed E-state index contributed by atoms with van der Waals surface area (Å²) in [6.07, 6.45) is 8.21. The van der Waals surface area contributed by atoms with Crippen molar-refractivity contribution in [1.82, 2.24) is 9.21 Å². The first-order valence-corrected chi connectivity index (χ1v) is 13.0. The highest BCUT2D eigenvalue weighted by Gasteiger charge is 2.45. The molecule has 3 heterocycles. The number of ether oxygens (including phenoxy) is 1. The number of rotatable bonds is 7. The van der Waals surface area contributed by atoms with E-state index in [1.807, 2.05) is 4.31 Å². The third-order valence-electron chi connectivity index (χ3n) is 7.23. The number of methoxy groups -OCH3 is 1. The summed E-state index contributed by atoms with van der Waals surface area (Å²) in [6.45, 7) is 4.97. The zero-order chi connectivity index (χ0) is 20.4. The summed E-state index contributed by atoms with van der Waals surface area (Å²) in [5.74, 6) is 1.71. The van der Waals surface area contributed by atoms with E-state index in [9.17, 15) is 8.42 Å². The fourth-order valence-corrected chi connectivity index (χ4v) is 7.57. The van der Waals surface area contributed by atoms with Gasteiger partial charge in [0.05, 0.1) is 12.9 Å². The summed E-state index contributed by atoms with van der Waals surface area (Å²) < 4.78 is 33.7. The topological polar surface area (TPSA) is 49.9 Å². The summed E-state index contributed by atoms with van der Waals surface area (Å²) >= 11 is 0. The zero-order valence-corrected chi connectivity index (χ0v) is 20.0. The van der Waals surface area contributed by atoms with E-state index in [-0.39, 0.29) is 18.4 Å². The van der Waals surface area contributed by atoms with Crippen molar-refractivity contribution < 1.29 is 13.2 Å². The van der Waals surface area contributed by atoms with Crippen LogP contribution in [0.4, 0.5) is 0 Å². The van der Waals surface area contributed by atoms with Gasteiger partial charge in [0, 0.05) is 31.7 Å². The highest BCUT2D eigenvalue weighted by atomic mass is 35.5. The van der Waals surface area contributed by atoms with E-state index in [1.54, 1.807) is 7.11 Å². The minimum absolute atomic E-state index is 0. The van der Waals surface area contributed by atoms with Crippen LogP contribution in [0.15, 0.2) is 18.2 Å². The van der Waals surface area contributed by atoms with Gasteiger partial charge in [-0.05, 0) is 61.3 Å². The summed E-state index contributed by atoms with van der Waals surface area (Å²) in [6, 6.07) is 6.92. The quantitative estimate of drug-likeness (QED) is 0.570. The smallest absolute Gasteiger partial charge is 0.214 e. The SMILES string of the molecule is CCCCCCS(=O)(=O)N1CCC[C@@H]2CN3CCc4cc(OC)ccc4[C@H]3C[C@@H]21.Cl. The maximum atomic E-state index is 13.2. The van der Waals surface area contributed by atoms with Gasteiger partial charge in [0.15, 0.2) is 0 Å². The summed E-state index contributed by atoms with van der Waals surface area (Å²) in [5.41, 5.74) is 2.75. The largest absolute Gasteiger partial charge is 0.497 e. The molecule has 1 aromatic carbocycles. The van der Waals surface area contributed by atoms with Crippen LogP contribution >= 0.6 is 12.4 Å². The van der Waals surface area contributed by atoms with Gasteiger partial charge >= 0.3 is 0 Å². The van der Waals surface area contributed by atoms with E-state index in [0.29, 0.717) is 24.3 Å². The van der Waals surface area contributed by atoms with E-state index in [4.69, 9.17) is 4.74 Å². The number of nitrogens with zero attached hydrogens (tertiary/aromatic N) is 2. The summed E-state index contributed by atoms with van der Waals surface area (Å²) in [7, 11) is -1.45. The molecule has 0 amide bonds. The van der Waals surface area contributed by atoms with Gasteiger partial charge in [-0.2, -0.15) is 4.31 Å². The van der Waals surface area contributed by atoms with E-state index in [2.05, 4.69) is 30.0 Å². The molecule has 0 aliphatic carbocycles. The maximum Gasteiger partial charge on any atom is 0.214 e. The molecule has 0 bridgehead atoms. The fraction of sp³-hybridized carbons (Fsp3) is 0.739. The van der Waals surface area contributed by atoms with Crippen LogP contribution in [0.3, 0.4) is 0 Å². The van der Waals surface area contributed by atoms with Crippen molar-refractivity contribution in [3.05, 3.63) is 29.3 Å². The fourth-order valence-electron chi connectivity index (χ4n) is 5.69. The molecule has 2 fully saturated rings. The van der Waals surface area contributed by atoms with Crippen LogP contribution in [0.2, 0.25) is 0 Å². The van der Waals surface area contributed by atoms with E-state index in [1.165, 1.54) is 11.1 Å². The van der Waals surface area contributed by atoms with Crippen molar-refractivity contribution in [2.45, 2.75) is 70.4 Å². The number of fused-ring (bicyclic) bond motifs is 4. The van der Waals surface area contributed by atoms with Crippen molar-refractivity contribution in [2.75, 3.05) is 32.5 Å². The lowest BCUT2D eigenvalue weighted by Crippen LogP contribution is -2.57. The molecule has 0 spiro atoms. The van der Waals surface area contributed by atoms with Crippen molar-refractivity contribution in [3.8, 4) is 5.75 Å². The molecule has 0 unspecified atom stereocenters. The summed E-state index contributed by atoms with van der Waals surface area (Å²) in [5, 5.41) is 0. The highest BCUT2D eigenvalue weighted by Crippen LogP contribution is 2.44. The molecule has 0 N–H and O–H groups in total. The van der Waals surface area contributed by atoms with E-state index in [0.717, 1.165) is 70.2 Å². The Balaban J connectivity index is 0.00000256. The predicted molar refractivity (Wildman–Crippen MR) is 124 cm³/mol. The first-order valence-electron chi connectivity index (χ1n) is 11.4. The third-order valence-corrected chi connectivity index (χ3v) is 9.21. The predicted octanol–water partition coefficient (Wildman–Crippen LogP) is 4.41. The normalized spacial score (nSPS) is 26.8. The maximum absolute atomic E-state index is 13.2. The second kappa shape index (κ2) is 10.2. The van der Waals surface area contributed by atoms with Gasteiger partial charge < -0.3 is 4.74 Å². The molecule has 0 radical (unpaired) electrons. The van der Waals surface area contributed by atoms with Crippen LogP contribution in [0.5, 0.6) is 5.75 Å². The van der Waals surface area contributed by atoms with Crippen LogP contribution < -0.4 is 4.74 Å². The second-order valence-electron chi connectivity index (χ2n) is 9.02. The lowest BCUT2D eigenvalue weighted by Gasteiger charge is -2.51. The number of hydrogen-bond donors (Lipinski definition) is 0. The molecule has 3 aliphatic heterocycles. The molecule has 5 nitrogen and oxygen atoms in total.